The Bertz CT molecular complexity index is 521. The zero-order valence-electron chi connectivity index (χ0n) is 9.01. The molecule has 0 radical (unpaired) electrons. The first kappa shape index (κ1) is 12.1. The summed E-state index contributed by atoms with van der Waals surface area (Å²) in [6.07, 6.45) is -3.70. The highest BCUT2D eigenvalue weighted by Gasteiger charge is 2.35. The van der Waals surface area contributed by atoms with Crippen molar-refractivity contribution in [1.82, 2.24) is 9.97 Å². The minimum absolute atomic E-state index is 0.255. The Kier molecular flexibility index (Phi) is 3.19. The van der Waals surface area contributed by atoms with Gasteiger partial charge in [0.2, 0.25) is 5.82 Å². The zero-order valence-corrected chi connectivity index (χ0v) is 9.82. The van der Waals surface area contributed by atoms with Gasteiger partial charge in [-0.25, -0.2) is 9.97 Å². The molecule has 0 aliphatic carbocycles. The minimum Gasteiger partial charge on any atom is -0.369 e. The van der Waals surface area contributed by atoms with Gasteiger partial charge in [0.1, 0.15) is 10.6 Å². The van der Waals surface area contributed by atoms with E-state index >= 15 is 0 Å². The Morgan fingerprint density at radius 3 is 2.76 bits per heavy atom. The van der Waals surface area contributed by atoms with Crippen molar-refractivity contribution in [2.45, 2.75) is 19.5 Å². The normalized spacial score (nSPS) is 12.0. The molecule has 0 fully saturated rings. The lowest BCUT2D eigenvalue weighted by atomic mass is 10.3. The third-order valence-electron chi connectivity index (χ3n) is 2.12. The van der Waals surface area contributed by atoms with Crippen LogP contribution in [0.1, 0.15) is 19.2 Å². The van der Waals surface area contributed by atoms with Crippen LogP contribution in [0.3, 0.4) is 0 Å². The molecular weight excluding hydrogens is 251 g/mol. The fourth-order valence-electron chi connectivity index (χ4n) is 1.36. The van der Waals surface area contributed by atoms with Crippen molar-refractivity contribution in [3.05, 3.63) is 17.3 Å². The van der Waals surface area contributed by atoms with Crippen LogP contribution in [0.4, 0.5) is 19.0 Å². The molecule has 0 saturated heterocycles. The summed E-state index contributed by atoms with van der Waals surface area (Å²) >= 11 is 1.17. The van der Waals surface area contributed by atoms with E-state index in [0.29, 0.717) is 16.8 Å². The molecule has 0 aliphatic rings. The monoisotopic (exact) mass is 261 g/mol. The first-order valence-electron chi connectivity index (χ1n) is 5.08. The van der Waals surface area contributed by atoms with Gasteiger partial charge in [-0.05, 0) is 17.9 Å². The second-order valence-corrected chi connectivity index (χ2v) is 4.35. The number of thiophene rings is 1. The highest BCUT2D eigenvalue weighted by atomic mass is 32.1. The average molecular weight is 261 g/mol. The smallest absolute Gasteiger partial charge is 0.369 e. The Hall–Kier alpha value is -1.37. The van der Waals surface area contributed by atoms with Gasteiger partial charge in [-0.15, -0.1) is 11.3 Å². The lowest BCUT2D eigenvalue weighted by molar-refractivity contribution is -0.144. The Labute approximate surface area is 99.7 Å². The lowest BCUT2D eigenvalue weighted by Crippen LogP contribution is -2.13. The van der Waals surface area contributed by atoms with Crippen molar-refractivity contribution in [1.29, 1.82) is 0 Å². The molecular formula is C10H10F3N3S. The molecule has 0 saturated carbocycles. The number of anilines is 1. The summed E-state index contributed by atoms with van der Waals surface area (Å²) in [7, 11) is 0. The second-order valence-electron chi connectivity index (χ2n) is 3.46. The van der Waals surface area contributed by atoms with E-state index in [9.17, 15) is 13.2 Å². The zero-order chi connectivity index (χ0) is 12.5. The Morgan fingerprint density at radius 2 is 2.12 bits per heavy atom. The van der Waals surface area contributed by atoms with Crippen molar-refractivity contribution in [2.75, 3.05) is 11.9 Å². The van der Waals surface area contributed by atoms with E-state index in [2.05, 4.69) is 15.3 Å². The molecule has 17 heavy (non-hydrogen) atoms. The van der Waals surface area contributed by atoms with Gasteiger partial charge in [-0.3, -0.25) is 0 Å². The van der Waals surface area contributed by atoms with Crippen LogP contribution in [0, 0.1) is 0 Å². The van der Waals surface area contributed by atoms with Crippen molar-refractivity contribution < 1.29 is 13.2 Å². The minimum atomic E-state index is -4.51. The van der Waals surface area contributed by atoms with Gasteiger partial charge < -0.3 is 5.32 Å². The third kappa shape index (κ3) is 2.49. The Morgan fingerprint density at radius 1 is 1.35 bits per heavy atom. The predicted molar refractivity (Wildman–Crippen MR) is 61.2 cm³/mol. The maximum atomic E-state index is 12.6. The number of hydrogen-bond acceptors (Lipinski definition) is 4. The van der Waals surface area contributed by atoms with Crippen LogP contribution in [0.15, 0.2) is 11.4 Å². The van der Waals surface area contributed by atoms with Crippen LogP contribution in [-0.2, 0) is 6.18 Å². The highest BCUT2D eigenvalue weighted by molar-refractivity contribution is 7.16. The first-order chi connectivity index (χ1) is 8.02. The van der Waals surface area contributed by atoms with Crippen molar-refractivity contribution in [3.63, 3.8) is 0 Å². The summed E-state index contributed by atoms with van der Waals surface area (Å²) in [4.78, 5) is 7.41. The van der Waals surface area contributed by atoms with Gasteiger partial charge in [0.05, 0.1) is 5.39 Å². The quantitative estimate of drug-likeness (QED) is 0.918. The number of nitrogens with one attached hydrogen (secondary N) is 1. The average Bonchev–Trinajstić information content (AvgIpc) is 2.72. The molecule has 2 heterocycles. The molecule has 0 aliphatic heterocycles. The summed E-state index contributed by atoms with van der Waals surface area (Å²) in [6.45, 7) is 2.52. The van der Waals surface area contributed by atoms with Crippen molar-refractivity contribution >= 4 is 27.4 Å². The molecule has 7 heteroatoms. The molecule has 0 amide bonds. The molecule has 2 aromatic rings. The fourth-order valence-corrected chi connectivity index (χ4v) is 2.12. The van der Waals surface area contributed by atoms with Gasteiger partial charge in [-0.1, -0.05) is 6.92 Å². The predicted octanol–water partition coefficient (Wildman–Crippen LogP) is 3.53. The van der Waals surface area contributed by atoms with Crippen LogP contribution >= 0.6 is 11.3 Å². The van der Waals surface area contributed by atoms with E-state index in [1.54, 1.807) is 11.4 Å². The lowest BCUT2D eigenvalue weighted by Gasteiger charge is -2.09. The number of halogens is 3. The van der Waals surface area contributed by atoms with Crippen LogP contribution in [0.2, 0.25) is 0 Å². The van der Waals surface area contributed by atoms with E-state index in [0.717, 1.165) is 6.42 Å². The van der Waals surface area contributed by atoms with Gasteiger partial charge in [0.15, 0.2) is 0 Å². The van der Waals surface area contributed by atoms with Crippen LogP contribution in [0.25, 0.3) is 10.2 Å². The maximum Gasteiger partial charge on any atom is 0.451 e. The van der Waals surface area contributed by atoms with E-state index in [1.165, 1.54) is 11.3 Å². The first-order valence-corrected chi connectivity index (χ1v) is 5.96. The Balaban J connectivity index is 2.51. The second kappa shape index (κ2) is 4.48. The third-order valence-corrected chi connectivity index (χ3v) is 2.93. The highest BCUT2D eigenvalue weighted by Crippen LogP contribution is 2.32. The van der Waals surface area contributed by atoms with Crippen LogP contribution < -0.4 is 5.32 Å². The van der Waals surface area contributed by atoms with Gasteiger partial charge in [0.25, 0.3) is 0 Å². The summed E-state index contributed by atoms with van der Waals surface area (Å²) < 4.78 is 37.7. The molecule has 1 N–H and O–H groups in total. The molecule has 92 valence electrons. The van der Waals surface area contributed by atoms with E-state index in [1.807, 2.05) is 6.92 Å². The number of hydrogen-bond donors (Lipinski definition) is 1. The number of fused-ring (bicyclic) bond motifs is 1. The van der Waals surface area contributed by atoms with E-state index in [4.69, 9.17) is 0 Å². The standard InChI is InChI=1S/C10H10F3N3S/c1-2-4-14-7-6-3-5-17-8(6)16-9(15-7)10(11,12)13/h3,5H,2,4H2,1H3,(H,14,15,16). The SMILES string of the molecule is CCCNc1nc(C(F)(F)F)nc2sccc12. The van der Waals surface area contributed by atoms with Crippen molar-refractivity contribution in [2.24, 2.45) is 0 Å². The van der Waals surface area contributed by atoms with Gasteiger partial charge in [-0.2, -0.15) is 13.2 Å². The van der Waals surface area contributed by atoms with Crippen molar-refractivity contribution in [3.8, 4) is 0 Å². The molecule has 0 atom stereocenters. The number of alkyl halides is 3. The van der Waals surface area contributed by atoms with E-state index in [-0.39, 0.29) is 5.82 Å². The molecule has 2 rings (SSSR count). The van der Waals surface area contributed by atoms with E-state index < -0.39 is 12.0 Å². The maximum absolute atomic E-state index is 12.6. The summed E-state index contributed by atoms with van der Waals surface area (Å²) in [5, 5.41) is 5.23. The van der Waals surface area contributed by atoms with Crippen LogP contribution in [-0.4, -0.2) is 16.5 Å². The number of rotatable bonds is 3. The molecule has 0 aromatic carbocycles. The summed E-state index contributed by atoms with van der Waals surface area (Å²) in [5.41, 5.74) is 0. The molecule has 0 spiro atoms. The molecule has 3 nitrogen and oxygen atoms in total. The molecule has 0 unspecified atom stereocenters. The van der Waals surface area contributed by atoms with Crippen LogP contribution in [0.5, 0.6) is 0 Å². The fraction of sp³-hybridized carbons (Fsp3) is 0.400. The molecule has 0 bridgehead atoms. The van der Waals surface area contributed by atoms with Gasteiger partial charge in [0, 0.05) is 6.54 Å². The molecule has 2 aromatic heterocycles. The topological polar surface area (TPSA) is 37.8 Å². The summed E-state index contributed by atoms with van der Waals surface area (Å²) in [5.74, 6) is -0.837. The summed E-state index contributed by atoms with van der Waals surface area (Å²) in [6, 6.07) is 1.72. The number of aromatic nitrogens is 2. The van der Waals surface area contributed by atoms with Gasteiger partial charge >= 0.3 is 6.18 Å². The number of nitrogens with zero attached hydrogens (tertiary/aromatic N) is 2. The largest absolute Gasteiger partial charge is 0.451 e.